The Bertz CT molecular complexity index is 87.5. The third-order valence-corrected chi connectivity index (χ3v) is 0.287. The van der Waals surface area contributed by atoms with Gasteiger partial charge < -0.3 is 4.74 Å². The van der Waals surface area contributed by atoms with Gasteiger partial charge in [-0.3, -0.25) is 9.59 Å². The quantitative estimate of drug-likeness (QED) is 0.418. The molecule has 0 aliphatic rings. The summed E-state index contributed by atoms with van der Waals surface area (Å²) in [5.74, 6) is -1.12. The molecule has 0 aromatic rings. The summed E-state index contributed by atoms with van der Waals surface area (Å²) in [5.41, 5.74) is 0. The minimum absolute atomic E-state index is 0. The molecule has 8 heavy (non-hydrogen) atoms. The summed E-state index contributed by atoms with van der Waals surface area (Å²) in [6, 6.07) is 0. The molecule has 4 heteroatoms. The van der Waals surface area contributed by atoms with Gasteiger partial charge in [0.25, 0.3) is 0 Å². The van der Waals surface area contributed by atoms with E-state index in [1.165, 1.54) is 13.8 Å². The van der Waals surface area contributed by atoms with Gasteiger partial charge in [0.05, 0.1) is 0 Å². The van der Waals surface area contributed by atoms with Crippen LogP contribution in [-0.4, -0.2) is 80.8 Å². The molecule has 0 heterocycles. The van der Waals surface area contributed by atoms with E-state index in [0.29, 0.717) is 0 Å². The second-order valence-corrected chi connectivity index (χ2v) is 1.09. The van der Waals surface area contributed by atoms with Gasteiger partial charge in [0.15, 0.2) is 0 Å². The Morgan fingerprint density at radius 2 is 1.38 bits per heavy atom. The number of ether oxygens (including phenoxy) is 1. The second kappa shape index (κ2) is 6.31. The molecular formula is C4H7CsO3. The fourth-order valence-corrected chi connectivity index (χ4v) is 0.202. The maximum atomic E-state index is 9.81. The van der Waals surface area contributed by atoms with Crippen LogP contribution in [0.4, 0.5) is 0 Å². The topological polar surface area (TPSA) is 43.4 Å². The first-order valence-corrected chi connectivity index (χ1v) is 1.82. The summed E-state index contributed by atoms with van der Waals surface area (Å²) in [6.07, 6.45) is 0. The Kier molecular flexibility index (Phi) is 9.41. The first-order valence-electron chi connectivity index (χ1n) is 1.82. The van der Waals surface area contributed by atoms with Crippen molar-refractivity contribution in [1.29, 1.82) is 0 Å². The zero-order chi connectivity index (χ0) is 5.86. The third-order valence-electron chi connectivity index (χ3n) is 0.287. The Balaban J connectivity index is 0. The first kappa shape index (κ1) is 11.9. The van der Waals surface area contributed by atoms with E-state index < -0.39 is 11.9 Å². The van der Waals surface area contributed by atoms with Gasteiger partial charge in [-0.05, 0) is 0 Å². The van der Waals surface area contributed by atoms with Crippen molar-refractivity contribution >= 4 is 80.8 Å². The van der Waals surface area contributed by atoms with Crippen LogP contribution < -0.4 is 0 Å². The molecule has 0 aromatic carbocycles. The number of rotatable bonds is 0. The SMILES string of the molecule is CC(=O)OC(C)=O.[CsH]. The van der Waals surface area contributed by atoms with Crippen LogP contribution in [-0.2, 0) is 14.3 Å². The summed E-state index contributed by atoms with van der Waals surface area (Å²) in [6.45, 7) is 2.36. The molecule has 3 nitrogen and oxygen atoms in total. The van der Waals surface area contributed by atoms with Crippen molar-refractivity contribution in [2.45, 2.75) is 13.8 Å². The number of carbonyl (C=O) groups excluding carboxylic acids is 2. The zero-order valence-corrected chi connectivity index (χ0v) is 4.22. The minimum atomic E-state index is -0.562. The second-order valence-electron chi connectivity index (χ2n) is 1.09. The molecule has 0 saturated carbocycles. The molecule has 0 radical (unpaired) electrons. The molecule has 0 bridgehead atoms. The van der Waals surface area contributed by atoms with Crippen LogP contribution in [0.1, 0.15) is 13.8 Å². The monoisotopic (exact) mass is 236 g/mol. The summed E-state index contributed by atoms with van der Waals surface area (Å²) in [4.78, 5) is 19.6. The van der Waals surface area contributed by atoms with Gasteiger partial charge in [-0.25, -0.2) is 0 Å². The molecule has 0 aliphatic carbocycles. The van der Waals surface area contributed by atoms with E-state index >= 15 is 0 Å². The van der Waals surface area contributed by atoms with E-state index in [1.807, 2.05) is 0 Å². The van der Waals surface area contributed by atoms with Crippen molar-refractivity contribution < 1.29 is 14.3 Å². The average molecular weight is 236 g/mol. The van der Waals surface area contributed by atoms with Crippen LogP contribution in [0.5, 0.6) is 0 Å². The van der Waals surface area contributed by atoms with Crippen LogP contribution in [0.3, 0.4) is 0 Å². The van der Waals surface area contributed by atoms with E-state index in [4.69, 9.17) is 0 Å². The molecule has 0 rings (SSSR count). The summed E-state index contributed by atoms with van der Waals surface area (Å²) in [7, 11) is 0. The summed E-state index contributed by atoms with van der Waals surface area (Å²) in [5, 5.41) is 0. The van der Waals surface area contributed by atoms with Crippen molar-refractivity contribution in [3.63, 3.8) is 0 Å². The number of hydrogen-bond acceptors (Lipinski definition) is 3. The van der Waals surface area contributed by atoms with Gasteiger partial charge in [0, 0.05) is 13.8 Å². The average Bonchev–Trinajstić information content (AvgIpc) is 1.27. The van der Waals surface area contributed by atoms with Crippen LogP contribution in [0.15, 0.2) is 0 Å². The molecule has 42 valence electrons. The molecule has 0 saturated heterocycles. The van der Waals surface area contributed by atoms with Gasteiger partial charge in [0.2, 0.25) is 0 Å². The van der Waals surface area contributed by atoms with Crippen molar-refractivity contribution in [3.05, 3.63) is 0 Å². The molecular weight excluding hydrogens is 229 g/mol. The van der Waals surface area contributed by atoms with E-state index in [9.17, 15) is 9.59 Å². The van der Waals surface area contributed by atoms with Gasteiger partial charge in [-0.1, -0.05) is 0 Å². The zero-order valence-electron chi connectivity index (χ0n) is 4.22. The molecule has 0 atom stereocenters. The number of carbonyl (C=O) groups is 2. The molecule has 0 amide bonds. The predicted molar refractivity (Wildman–Crippen MR) is 29.6 cm³/mol. The van der Waals surface area contributed by atoms with Crippen molar-refractivity contribution in [3.8, 4) is 0 Å². The van der Waals surface area contributed by atoms with E-state index in [1.54, 1.807) is 0 Å². The van der Waals surface area contributed by atoms with Crippen LogP contribution in [0.2, 0.25) is 0 Å². The third kappa shape index (κ3) is 10.2. The molecule has 0 unspecified atom stereocenters. The molecule has 0 aliphatic heterocycles. The van der Waals surface area contributed by atoms with E-state index in [0.717, 1.165) is 0 Å². The van der Waals surface area contributed by atoms with E-state index in [-0.39, 0.29) is 68.9 Å². The first-order chi connectivity index (χ1) is 3.13. The standard InChI is InChI=1S/C4H6O3.Cs.H/c1-3(5)7-4(2)6;;/h1-2H3;;. The normalized spacial score (nSPS) is 6.75. The molecule has 0 spiro atoms. The maximum absolute atomic E-state index is 9.81. The summed E-state index contributed by atoms with van der Waals surface area (Å²) < 4.78 is 3.97. The summed E-state index contributed by atoms with van der Waals surface area (Å²) >= 11 is 0. The Labute approximate surface area is 107 Å². The van der Waals surface area contributed by atoms with Gasteiger partial charge >= 0.3 is 80.8 Å². The number of hydrogen-bond donors (Lipinski definition) is 0. The Morgan fingerprint density at radius 1 is 1.12 bits per heavy atom. The van der Waals surface area contributed by atoms with Crippen LogP contribution >= 0.6 is 0 Å². The molecule has 0 fully saturated rings. The van der Waals surface area contributed by atoms with Crippen LogP contribution in [0, 0.1) is 0 Å². The number of esters is 2. The molecule has 0 N–H and O–H groups in total. The van der Waals surface area contributed by atoms with Gasteiger partial charge in [-0.15, -0.1) is 0 Å². The van der Waals surface area contributed by atoms with E-state index in [2.05, 4.69) is 4.74 Å². The van der Waals surface area contributed by atoms with Crippen molar-refractivity contribution in [1.82, 2.24) is 0 Å². The van der Waals surface area contributed by atoms with Crippen molar-refractivity contribution in [2.24, 2.45) is 0 Å². The van der Waals surface area contributed by atoms with Crippen molar-refractivity contribution in [2.75, 3.05) is 0 Å². The predicted octanol–water partition coefficient (Wildman–Crippen LogP) is -0.552. The van der Waals surface area contributed by atoms with Gasteiger partial charge in [0.1, 0.15) is 0 Å². The fourth-order valence-electron chi connectivity index (χ4n) is 0.202. The Morgan fingerprint density at radius 3 is 1.38 bits per heavy atom. The Hall–Kier alpha value is 1.19. The van der Waals surface area contributed by atoms with Crippen LogP contribution in [0.25, 0.3) is 0 Å². The molecule has 0 aromatic heterocycles. The van der Waals surface area contributed by atoms with Gasteiger partial charge in [-0.2, -0.15) is 0 Å². The fraction of sp³-hybridized carbons (Fsp3) is 0.500.